The molecule has 0 aliphatic carbocycles. The van der Waals surface area contributed by atoms with Crippen LogP contribution in [-0.4, -0.2) is 46.0 Å². The molecule has 1 amide bonds. The highest BCUT2D eigenvalue weighted by molar-refractivity contribution is 7.15. The molecule has 0 aliphatic rings. The molecular weight excluding hydrogens is 415 g/mol. The highest BCUT2D eigenvalue weighted by atomic mass is 32.1. The van der Waals surface area contributed by atoms with E-state index in [9.17, 15) is 9.18 Å². The number of nitrogens with zero attached hydrogens (tertiary/aromatic N) is 3. The van der Waals surface area contributed by atoms with E-state index in [1.54, 1.807) is 30.3 Å². The molecular formula is C23H23FN4O2S. The average molecular weight is 439 g/mol. The Hall–Kier alpha value is -3.26. The minimum absolute atomic E-state index is 0.122. The maximum Gasteiger partial charge on any atom is 0.273 e. The third-order valence-electron chi connectivity index (χ3n) is 5.19. The van der Waals surface area contributed by atoms with Gasteiger partial charge < -0.3 is 14.6 Å². The second kappa shape index (κ2) is 8.85. The van der Waals surface area contributed by atoms with Gasteiger partial charge in [0.05, 0.1) is 17.0 Å². The van der Waals surface area contributed by atoms with E-state index in [1.807, 2.05) is 26.1 Å². The number of aromatic nitrogens is 3. The van der Waals surface area contributed by atoms with Gasteiger partial charge >= 0.3 is 0 Å². The fourth-order valence-electron chi connectivity index (χ4n) is 3.57. The number of rotatable bonds is 7. The highest BCUT2D eigenvalue weighted by Gasteiger charge is 2.23. The van der Waals surface area contributed by atoms with Gasteiger partial charge in [0.25, 0.3) is 5.91 Å². The van der Waals surface area contributed by atoms with Gasteiger partial charge in [0.15, 0.2) is 0 Å². The lowest BCUT2D eigenvalue weighted by Crippen LogP contribution is -2.33. The van der Waals surface area contributed by atoms with Crippen LogP contribution in [0.2, 0.25) is 0 Å². The zero-order valence-corrected chi connectivity index (χ0v) is 18.4. The van der Waals surface area contributed by atoms with Gasteiger partial charge in [-0.1, -0.05) is 0 Å². The maximum absolute atomic E-state index is 13.7. The predicted octanol–water partition coefficient (Wildman–Crippen LogP) is 4.85. The van der Waals surface area contributed by atoms with Crippen molar-refractivity contribution in [2.45, 2.75) is 20.3 Å². The SMILES string of the molecule is CCN(CCc1c[nH]c2ccc(F)cc12)C(=O)c1nc(C)sc1-c1ccc(OC)nc1. The van der Waals surface area contributed by atoms with Crippen molar-refractivity contribution in [2.24, 2.45) is 0 Å². The van der Waals surface area contributed by atoms with E-state index in [4.69, 9.17) is 4.74 Å². The molecule has 8 heteroatoms. The third-order valence-corrected chi connectivity index (χ3v) is 6.21. The van der Waals surface area contributed by atoms with E-state index >= 15 is 0 Å². The lowest BCUT2D eigenvalue weighted by atomic mass is 10.1. The summed E-state index contributed by atoms with van der Waals surface area (Å²) < 4.78 is 18.8. The lowest BCUT2D eigenvalue weighted by Gasteiger charge is -2.20. The van der Waals surface area contributed by atoms with Crippen molar-refractivity contribution in [3.8, 4) is 16.3 Å². The van der Waals surface area contributed by atoms with Gasteiger partial charge in [0, 0.05) is 48.0 Å². The number of methoxy groups -OCH3 is 1. The van der Waals surface area contributed by atoms with Crippen LogP contribution >= 0.6 is 11.3 Å². The molecule has 3 heterocycles. The number of nitrogens with one attached hydrogen (secondary N) is 1. The lowest BCUT2D eigenvalue weighted by molar-refractivity contribution is 0.0762. The van der Waals surface area contributed by atoms with Crippen LogP contribution in [0.1, 0.15) is 28.0 Å². The summed E-state index contributed by atoms with van der Waals surface area (Å²) in [5, 5.41) is 1.66. The summed E-state index contributed by atoms with van der Waals surface area (Å²) in [4.78, 5) is 27.8. The fraction of sp³-hybridized carbons (Fsp3) is 0.261. The first-order valence-electron chi connectivity index (χ1n) is 10.0. The van der Waals surface area contributed by atoms with Gasteiger partial charge in [0.2, 0.25) is 5.88 Å². The number of aromatic amines is 1. The van der Waals surface area contributed by atoms with Gasteiger partial charge in [-0.15, -0.1) is 11.3 Å². The minimum atomic E-state index is -0.271. The van der Waals surface area contributed by atoms with Crippen LogP contribution in [0.3, 0.4) is 0 Å². The number of hydrogen-bond donors (Lipinski definition) is 1. The molecule has 3 aromatic heterocycles. The molecule has 0 bridgehead atoms. The summed E-state index contributed by atoms with van der Waals surface area (Å²) in [6, 6.07) is 8.34. The molecule has 0 spiro atoms. The quantitative estimate of drug-likeness (QED) is 0.448. The van der Waals surface area contributed by atoms with Crippen molar-refractivity contribution in [1.29, 1.82) is 0 Å². The van der Waals surface area contributed by atoms with E-state index in [0.717, 1.165) is 31.9 Å². The van der Waals surface area contributed by atoms with Crippen LogP contribution in [-0.2, 0) is 6.42 Å². The van der Waals surface area contributed by atoms with Crippen LogP contribution in [0, 0.1) is 12.7 Å². The molecule has 0 saturated heterocycles. The number of ether oxygens (including phenoxy) is 1. The molecule has 0 saturated carbocycles. The van der Waals surface area contributed by atoms with Crippen LogP contribution in [0.15, 0.2) is 42.7 Å². The summed E-state index contributed by atoms with van der Waals surface area (Å²) in [6.07, 6.45) is 4.19. The van der Waals surface area contributed by atoms with Gasteiger partial charge in [0.1, 0.15) is 11.5 Å². The summed E-state index contributed by atoms with van der Waals surface area (Å²) in [5.41, 5.74) is 3.13. The van der Waals surface area contributed by atoms with Gasteiger partial charge in [-0.05, 0) is 50.1 Å². The van der Waals surface area contributed by atoms with Gasteiger partial charge in [-0.3, -0.25) is 4.79 Å². The Bertz CT molecular complexity index is 1220. The summed E-state index contributed by atoms with van der Waals surface area (Å²) in [5.74, 6) is 0.124. The predicted molar refractivity (Wildman–Crippen MR) is 120 cm³/mol. The number of likely N-dealkylation sites (N-methyl/N-ethyl adjacent to an activating group) is 1. The third kappa shape index (κ3) is 4.29. The number of aryl methyl sites for hydroxylation is 1. The second-order valence-electron chi connectivity index (χ2n) is 7.14. The standard InChI is InChI=1S/C23H23FN4O2S/c1-4-28(10-9-15-12-25-19-7-6-17(24)11-18(15)19)23(29)21-22(31-14(2)27-21)16-5-8-20(30-3)26-13-16/h5-8,11-13,25H,4,9-10H2,1-3H3. The zero-order chi connectivity index (χ0) is 22.0. The van der Waals surface area contributed by atoms with Crippen molar-refractivity contribution in [3.63, 3.8) is 0 Å². The number of halogens is 1. The number of hydrogen-bond acceptors (Lipinski definition) is 5. The van der Waals surface area contributed by atoms with E-state index in [1.165, 1.54) is 23.5 Å². The first-order valence-corrected chi connectivity index (χ1v) is 10.8. The molecule has 4 aromatic rings. The molecule has 0 aliphatic heterocycles. The number of thiazole rings is 1. The number of carbonyl (C=O) groups excluding carboxylic acids is 1. The molecule has 6 nitrogen and oxygen atoms in total. The number of benzene rings is 1. The topological polar surface area (TPSA) is 71.1 Å². The Morgan fingerprint density at radius 3 is 2.84 bits per heavy atom. The number of H-pyrrole nitrogens is 1. The number of carbonyl (C=O) groups is 1. The van der Waals surface area contributed by atoms with Crippen molar-refractivity contribution >= 4 is 28.1 Å². The average Bonchev–Trinajstić information content (AvgIpc) is 3.37. The molecule has 160 valence electrons. The van der Waals surface area contributed by atoms with Crippen molar-refractivity contribution in [2.75, 3.05) is 20.2 Å². The molecule has 0 atom stereocenters. The first kappa shape index (κ1) is 21.0. The summed E-state index contributed by atoms with van der Waals surface area (Å²) in [7, 11) is 1.56. The van der Waals surface area contributed by atoms with E-state index in [-0.39, 0.29) is 11.7 Å². The fourth-order valence-corrected chi connectivity index (χ4v) is 4.47. The van der Waals surface area contributed by atoms with E-state index in [0.29, 0.717) is 31.1 Å². The molecule has 4 rings (SSSR count). The summed E-state index contributed by atoms with van der Waals surface area (Å²) in [6.45, 7) is 4.89. The normalized spacial score (nSPS) is 11.1. The van der Waals surface area contributed by atoms with E-state index in [2.05, 4.69) is 15.0 Å². The molecule has 0 unspecified atom stereocenters. The minimum Gasteiger partial charge on any atom is -0.481 e. The number of pyridine rings is 1. The Balaban J connectivity index is 1.56. The van der Waals surface area contributed by atoms with Gasteiger partial charge in [-0.2, -0.15) is 0 Å². The van der Waals surface area contributed by atoms with Gasteiger partial charge in [-0.25, -0.2) is 14.4 Å². The second-order valence-corrected chi connectivity index (χ2v) is 8.34. The molecule has 0 radical (unpaired) electrons. The Morgan fingerprint density at radius 2 is 2.13 bits per heavy atom. The summed E-state index contributed by atoms with van der Waals surface area (Å²) >= 11 is 1.47. The monoisotopic (exact) mass is 438 g/mol. The van der Waals surface area contributed by atoms with Crippen LogP contribution in [0.25, 0.3) is 21.3 Å². The maximum atomic E-state index is 13.7. The van der Waals surface area contributed by atoms with Crippen LogP contribution in [0.4, 0.5) is 4.39 Å². The largest absolute Gasteiger partial charge is 0.481 e. The molecule has 1 N–H and O–H groups in total. The number of fused-ring (bicyclic) bond motifs is 1. The Labute approximate surface area is 183 Å². The van der Waals surface area contributed by atoms with E-state index < -0.39 is 0 Å². The van der Waals surface area contributed by atoms with Crippen LogP contribution in [0.5, 0.6) is 5.88 Å². The zero-order valence-electron chi connectivity index (χ0n) is 17.6. The molecule has 0 fully saturated rings. The van der Waals surface area contributed by atoms with Crippen molar-refractivity contribution in [1.82, 2.24) is 19.9 Å². The first-order chi connectivity index (χ1) is 15.0. The molecule has 1 aromatic carbocycles. The molecule has 31 heavy (non-hydrogen) atoms. The van der Waals surface area contributed by atoms with Crippen LogP contribution < -0.4 is 4.74 Å². The Morgan fingerprint density at radius 1 is 1.29 bits per heavy atom. The smallest absolute Gasteiger partial charge is 0.273 e. The van der Waals surface area contributed by atoms with Crippen molar-refractivity contribution < 1.29 is 13.9 Å². The van der Waals surface area contributed by atoms with Crippen molar-refractivity contribution in [3.05, 3.63) is 64.8 Å². The highest BCUT2D eigenvalue weighted by Crippen LogP contribution is 2.31. The Kier molecular flexibility index (Phi) is 5.99. The number of amides is 1.